The summed E-state index contributed by atoms with van der Waals surface area (Å²) in [6, 6.07) is 1.43. The summed E-state index contributed by atoms with van der Waals surface area (Å²) < 4.78 is 25.8. The molecule has 86 valence electrons. The number of hydrogen-bond acceptors (Lipinski definition) is 3. The van der Waals surface area contributed by atoms with Crippen LogP contribution in [0.3, 0.4) is 0 Å². The van der Waals surface area contributed by atoms with Crippen molar-refractivity contribution in [2.24, 2.45) is 11.8 Å². The largest absolute Gasteiger partial charge is 0.266 e. The summed E-state index contributed by atoms with van der Waals surface area (Å²) in [5.74, 6) is 0.761. The number of nitrogens with one attached hydrogen (secondary N) is 2. The smallest absolute Gasteiger partial charge is 0.257 e. The van der Waals surface area contributed by atoms with Gasteiger partial charge in [0.05, 0.1) is 6.20 Å². The molecule has 0 aliphatic rings. The van der Waals surface area contributed by atoms with Crippen LogP contribution in [0.2, 0.25) is 0 Å². The van der Waals surface area contributed by atoms with E-state index in [4.69, 9.17) is 0 Å². The summed E-state index contributed by atoms with van der Waals surface area (Å²) in [5, 5.41) is 6.15. The van der Waals surface area contributed by atoms with Crippen LogP contribution < -0.4 is 4.72 Å². The second-order valence-electron chi connectivity index (χ2n) is 3.99. The fourth-order valence-corrected chi connectivity index (χ4v) is 2.00. The van der Waals surface area contributed by atoms with Gasteiger partial charge in [-0.15, -0.1) is 0 Å². The minimum absolute atomic E-state index is 0.110. The molecule has 5 nitrogen and oxygen atoms in total. The molecule has 6 heteroatoms. The minimum Gasteiger partial charge on any atom is -0.266 e. The summed E-state index contributed by atoms with van der Waals surface area (Å²) in [5.41, 5.74) is 0. The molecule has 0 aliphatic heterocycles. The molecule has 1 atom stereocenters. The Kier molecular flexibility index (Phi) is 3.87. The number of H-pyrrole nitrogens is 1. The number of aromatic amines is 1. The maximum Gasteiger partial charge on any atom is 0.257 e. The molecule has 0 aromatic carbocycles. The average molecular weight is 231 g/mol. The van der Waals surface area contributed by atoms with Gasteiger partial charge in [-0.2, -0.15) is 5.10 Å². The normalized spacial score (nSPS) is 14.4. The SMILES string of the molecule is CC(C)C(C)CNS(=O)(=O)c1ccn[nH]1. The van der Waals surface area contributed by atoms with Crippen LogP contribution in [0.25, 0.3) is 0 Å². The first-order valence-corrected chi connectivity index (χ1v) is 6.41. The van der Waals surface area contributed by atoms with Crippen LogP contribution in [0.4, 0.5) is 0 Å². The molecular weight excluding hydrogens is 214 g/mol. The Balaban J connectivity index is 2.59. The molecule has 0 spiro atoms. The molecule has 1 rings (SSSR count). The monoisotopic (exact) mass is 231 g/mol. The predicted octanol–water partition coefficient (Wildman–Crippen LogP) is 0.980. The number of aromatic nitrogens is 2. The Morgan fingerprint density at radius 1 is 1.47 bits per heavy atom. The van der Waals surface area contributed by atoms with Crippen molar-refractivity contribution in [3.05, 3.63) is 12.3 Å². The van der Waals surface area contributed by atoms with Crippen molar-refractivity contribution in [3.63, 3.8) is 0 Å². The maximum atomic E-state index is 11.6. The molecule has 1 unspecified atom stereocenters. The number of hydrogen-bond donors (Lipinski definition) is 2. The predicted molar refractivity (Wildman–Crippen MR) is 57.8 cm³/mol. The van der Waals surface area contributed by atoms with Crippen molar-refractivity contribution in [3.8, 4) is 0 Å². The molecule has 15 heavy (non-hydrogen) atoms. The van der Waals surface area contributed by atoms with Gasteiger partial charge in [0.15, 0.2) is 5.03 Å². The van der Waals surface area contributed by atoms with E-state index >= 15 is 0 Å². The van der Waals surface area contributed by atoms with E-state index in [1.165, 1.54) is 12.3 Å². The van der Waals surface area contributed by atoms with Crippen LogP contribution in [-0.2, 0) is 10.0 Å². The van der Waals surface area contributed by atoms with Crippen molar-refractivity contribution < 1.29 is 8.42 Å². The van der Waals surface area contributed by atoms with E-state index in [1.807, 2.05) is 6.92 Å². The van der Waals surface area contributed by atoms with Crippen LogP contribution in [0.1, 0.15) is 20.8 Å². The van der Waals surface area contributed by atoms with Crippen molar-refractivity contribution >= 4 is 10.0 Å². The van der Waals surface area contributed by atoms with Gasteiger partial charge < -0.3 is 0 Å². The summed E-state index contributed by atoms with van der Waals surface area (Å²) in [4.78, 5) is 0. The first-order chi connectivity index (χ1) is 6.93. The summed E-state index contributed by atoms with van der Waals surface area (Å²) in [7, 11) is -3.41. The van der Waals surface area contributed by atoms with Crippen LogP contribution in [0.5, 0.6) is 0 Å². The number of sulfonamides is 1. The zero-order chi connectivity index (χ0) is 11.5. The molecule has 1 aromatic heterocycles. The Morgan fingerprint density at radius 2 is 2.13 bits per heavy atom. The van der Waals surface area contributed by atoms with Gasteiger partial charge in [0.25, 0.3) is 10.0 Å². The fraction of sp³-hybridized carbons (Fsp3) is 0.667. The molecular formula is C9H17N3O2S. The summed E-state index contributed by atoms with van der Waals surface area (Å²) in [6.45, 7) is 6.59. The highest BCUT2D eigenvalue weighted by Gasteiger charge is 2.17. The lowest BCUT2D eigenvalue weighted by Gasteiger charge is -2.15. The van der Waals surface area contributed by atoms with E-state index < -0.39 is 10.0 Å². The molecule has 0 bridgehead atoms. The van der Waals surface area contributed by atoms with E-state index in [0.29, 0.717) is 18.4 Å². The van der Waals surface area contributed by atoms with Crippen LogP contribution in [0, 0.1) is 11.8 Å². The highest BCUT2D eigenvalue weighted by atomic mass is 32.2. The highest BCUT2D eigenvalue weighted by Crippen LogP contribution is 2.09. The Bertz CT molecular complexity index is 383. The van der Waals surface area contributed by atoms with Crippen molar-refractivity contribution in [2.45, 2.75) is 25.8 Å². The van der Waals surface area contributed by atoms with E-state index in [9.17, 15) is 8.42 Å². The topological polar surface area (TPSA) is 74.8 Å². The summed E-state index contributed by atoms with van der Waals surface area (Å²) in [6.07, 6.45) is 1.42. The van der Waals surface area contributed by atoms with Gasteiger partial charge in [0.1, 0.15) is 0 Å². The van der Waals surface area contributed by atoms with Crippen molar-refractivity contribution in [1.82, 2.24) is 14.9 Å². The third-order valence-corrected chi connectivity index (χ3v) is 3.85. The number of nitrogens with zero attached hydrogens (tertiary/aromatic N) is 1. The highest BCUT2D eigenvalue weighted by molar-refractivity contribution is 7.89. The Hall–Kier alpha value is -0.880. The van der Waals surface area contributed by atoms with Crippen LogP contribution >= 0.6 is 0 Å². The minimum atomic E-state index is -3.41. The lowest BCUT2D eigenvalue weighted by Crippen LogP contribution is -2.30. The number of rotatable bonds is 5. The van der Waals surface area contributed by atoms with Gasteiger partial charge in [-0.1, -0.05) is 20.8 Å². The van der Waals surface area contributed by atoms with Crippen LogP contribution in [0.15, 0.2) is 17.3 Å². The zero-order valence-electron chi connectivity index (χ0n) is 9.19. The van der Waals surface area contributed by atoms with Gasteiger partial charge >= 0.3 is 0 Å². The first-order valence-electron chi connectivity index (χ1n) is 4.92. The van der Waals surface area contributed by atoms with Crippen molar-refractivity contribution in [1.29, 1.82) is 0 Å². The molecule has 0 saturated heterocycles. The standard InChI is InChI=1S/C9H17N3O2S/c1-7(2)8(3)6-11-15(13,14)9-4-5-10-12-9/h4-5,7-8,11H,6H2,1-3H3,(H,10,12). The van der Waals surface area contributed by atoms with Gasteiger partial charge in [-0.25, -0.2) is 13.1 Å². The molecule has 0 amide bonds. The van der Waals surface area contributed by atoms with E-state index in [-0.39, 0.29) is 5.03 Å². The van der Waals surface area contributed by atoms with Crippen LogP contribution in [-0.4, -0.2) is 25.2 Å². The van der Waals surface area contributed by atoms with E-state index in [0.717, 1.165) is 0 Å². The first kappa shape index (κ1) is 12.2. The quantitative estimate of drug-likeness (QED) is 0.793. The molecule has 1 aromatic rings. The second kappa shape index (κ2) is 4.76. The molecule has 2 N–H and O–H groups in total. The Morgan fingerprint density at radius 3 is 2.60 bits per heavy atom. The zero-order valence-corrected chi connectivity index (χ0v) is 10.0. The lowest BCUT2D eigenvalue weighted by atomic mass is 9.99. The second-order valence-corrected chi connectivity index (χ2v) is 5.73. The van der Waals surface area contributed by atoms with Crippen molar-refractivity contribution in [2.75, 3.05) is 6.54 Å². The fourth-order valence-electron chi connectivity index (χ4n) is 0.947. The van der Waals surface area contributed by atoms with Gasteiger partial charge in [-0.3, -0.25) is 5.10 Å². The lowest BCUT2D eigenvalue weighted by molar-refractivity contribution is 0.414. The van der Waals surface area contributed by atoms with Gasteiger partial charge in [0, 0.05) is 6.54 Å². The molecule has 0 saturated carbocycles. The summed E-state index contributed by atoms with van der Waals surface area (Å²) >= 11 is 0. The third kappa shape index (κ3) is 3.32. The van der Waals surface area contributed by atoms with E-state index in [1.54, 1.807) is 0 Å². The maximum absolute atomic E-state index is 11.6. The van der Waals surface area contributed by atoms with Gasteiger partial charge in [-0.05, 0) is 17.9 Å². The average Bonchev–Trinajstić information content (AvgIpc) is 2.67. The Labute approximate surface area is 90.3 Å². The molecule has 0 aliphatic carbocycles. The third-order valence-electron chi connectivity index (χ3n) is 2.50. The molecule has 1 heterocycles. The van der Waals surface area contributed by atoms with E-state index in [2.05, 4.69) is 28.8 Å². The van der Waals surface area contributed by atoms with Gasteiger partial charge in [0.2, 0.25) is 0 Å². The molecule has 0 radical (unpaired) electrons. The molecule has 0 fully saturated rings.